The van der Waals surface area contributed by atoms with Gasteiger partial charge < -0.3 is 24.0 Å². The summed E-state index contributed by atoms with van der Waals surface area (Å²) in [6, 6.07) is 0. The highest BCUT2D eigenvalue weighted by Gasteiger charge is 2.48. The third-order valence-corrected chi connectivity index (χ3v) is 4.01. The molecular weight excluding hydrogens is 359 g/mol. The maximum atomic E-state index is 12.3. The fraction of sp³-hybridized carbons (Fsp3) is 0.786. The molecule has 0 aromatic carbocycles. The lowest BCUT2D eigenvalue weighted by Gasteiger charge is -2.33. The lowest BCUT2D eigenvalue weighted by atomic mass is 9.72. The Labute approximate surface area is 146 Å². The van der Waals surface area contributed by atoms with Gasteiger partial charge >= 0.3 is 25.7 Å². The van der Waals surface area contributed by atoms with E-state index in [1.54, 1.807) is 6.92 Å². The number of phosphoric acid groups is 1. The quantitative estimate of drug-likeness (QED) is 0.238. The molecule has 0 fully saturated rings. The van der Waals surface area contributed by atoms with Crippen molar-refractivity contribution >= 4 is 25.7 Å². The van der Waals surface area contributed by atoms with E-state index < -0.39 is 56.2 Å². The van der Waals surface area contributed by atoms with Crippen molar-refractivity contribution in [2.24, 2.45) is 17.3 Å². The minimum Gasteiger partial charge on any atom is -0.469 e. The van der Waals surface area contributed by atoms with Gasteiger partial charge in [0.2, 0.25) is 0 Å². The predicted molar refractivity (Wildman–Crippen MR) is 84.0 cm³/mol. The van der Waals surface area contributed by atoms with Crippen molar-refractivity contribution in [3.05, 3.63) is 0 Å². The van der Waals surface area contributed by atoms with E-state index in [0.29, 0.717) is 0 Å². The van der Waals surface area contributed by atoms with Crippen LogP contribution in [0.5, 0.6) is 0 Å². The van der Waals surface area contributed by atoms with Crippen LogP contribution < -0.4 is 0 Å². The van der Waals surface area contributed by atoms with Crippen molar-refractivity contribution in [3.8, 4) is 0 Å². The van der Waals surface area contributed by atoms with Gasteiger partial charge in [-0.2, -0.15) is 0 Å². The standard InChI is InChI=1S/C14H25O10P/c1-6-22-12(16)10(14(3,4)13(17)21-5)9(2)11(15)23-7-8-24-25(18,19)20/h9-10H,6-8H2,1-5H3,(H2,18,19,20). The van der Waals surface area contributed by atoms with Gasteiger partial charge in [-0.3, -0.25) is 18.9 Å². The molecule has 2 N–H and O–H groups in total. The third kappa shape index (κ3) is 7.52. The van der Waals surface area contributed by atoms with Gasteiger partial charge in [-0.25, -0.2) is 4.57 Å². The molecule has 0 heterocycles. The average Bonchev–Trinajstić information content (AvgIpc) is 2.49. The SMILES string of the molecule is CCOC(=O)C(C(C)C(=O)OCCOP(=O)(O)O)C(C)(C)C(=O)OC. The highest BCUT2D eigenvalue weighted by atomic mass is 31.2. The first-order valence-electron chi connectivity index (χ1n) is 7.50. The Bertz CT molecular complexity index is 524. The molecule has 10 nitrogen and oxygen atoms in total. The summed E-state index contributed by atoms with van der Waals surface area (Å²) in [7, 11) is -3.50. The maximum Gasteiger partial charge on any atom is 0.469 e. The summed E-state index contributed by atoms with van der Waals surface area (Å²) in [6.45, 7) is 4.98. The Hall–Kier alpha value is -1.48. The Kier molecular flexibility index (Phi) is 9.28. The Balaban J connectivity index is 5.12. The summed E-state index contributed by atoms with van der Waals surface area (Å²) < 4.78 is 29.2. The summed E-state index contributed by atoms with van der Waals surface area (Å²) in [5, 5.41) is 0. The maximum absolute atomic E-state index is 12.3. The highest BCUT2D eigenvalue weighted by molar-refractivity contribution is 7.46. The molecule has 0 aromatic heterocycles. The molecule has 0 spiro atoms. The summed E-state index contributed by atoms with van der Waals surface area (Å²) in [5.74, 6) is -4.54. The van der Waals surface area contributed by atoms with Crippen LogP contribution in [0.25, 0.3) is 0 Å². The Morgan fingerprint density at radius 1 is 1.08 bits per heavy atom. The molecule has 0 amide bonds. The number of esters is 3. The Morgan fingerprint density at radius 3 is 2.08 bits per heavy atom. The van der Waals surface area contributed by atoms with Gasteiger partial charge in [-0.05, 0) is 20.8 Å². The molecule has 0 radical (unpaired) electrons. The van der Waals surface area contributed by atoms with Crippen LogP contribution >= 0.6 is 7.82 Å². The van der Waals surface area contributed by atoms with Crippen molar-refractivity contribution in [2.75, 3.05) is 26.9 Å². The fourth-order valence-electron chi connectivity index (χ4n) is 2.31. The van der Waals surface area contributed by atoms with Crippen molar-refractivity contribution in [2.45, 2.75) is 27.7 Å². The first-order chi connectivity index (χ1) is 11.4. The monoisotopic (exact) mass is 384 g/mol. The lowest BCUT2D eigenvalue weighted by molar-refractivity contribution is -0.173. The number of hydrogen-bond acceptors (Lipinski definition) is 8. The molecule has 0 saturated heterocycles. The van der Waals surface area contributed by atoms with Gasteiger partial charge in [-0.15, -0.1) is 0 Å². The summed E-state index contributed by atoms with van der Waals surface area (Å²) in [5.41, 5.74) is -1.36. The number of hydrogen-bond donors (Lipinski definition) is 2. The van der Waals surface area contributed by atoms with E-state index in [4.69, 9.17) is 19.3 Å². The van der Waals surface area contributed by atoms with Gasteiger partial charge in [0.25, 0.3) is 0 Å². The van der Waals surface area contributed by atoms with Crippen LogP contribution in [0.2, 0.25) is 0 Å². The molecule has 0 rings (SSSR count). The molecular formula is C14H25O10P. The number of carbonyl (C=O) groups is 3. The molecule has 2 unspecified atom stereocenters. The van der Waals surface area contributed by atoms with E-state index in [1.807, 2.05) is 0 Å². The third-order valence-electron chi connectivity index (χ3n) is 3.49. The second-order valence-corrected chi connectivity index (χ2v) is 6.96. The molecule has 0 aliphatic carbocycles. The first kappa shape index (κ1) is 23.5. The van der Waals surface area contributed by atoms with E-state index in [-0.39, 0.29) is 6.61 Å². The largest absolute Gasteiger partial charge is 0.469 e. The molecule has 25 heavy (non-hydrogen) atoms. The molecule has 146 valence electrons. The van der Waals surface area contributed by atoms with Gasteiger partial charge in [0.15, 0.2) is 0 Å². The van der Waals surface area contributed by atoms with Gasteiger partial charge in [0.1, 0.15) is 6.61 Å². The fourth-order valence-corrected chi connectivity index (χ4v) is 2.62. The van der Waals surface area contributed by atoms with Crippen molar-refractivity contribution in [1.29, 1.82) is 0 Å². The van der Waals surface area contributed by atoms with Crippen LogP contribution in [-0.2, 0) is 37.7 Å². The second kappa shape index (κ2) is 9.86. The van der Waals surface area contributed by atoms with Crippen molar-refractivity contribution in [1.82, 2.24) is 0 Å². The van der Waals surface area contributed by atoms with E-state index in [0.717, 1.165) is 7.11 Å². The molecule has 0 aliphatic rings. The predicted octanol–water partition coefficient (Wildman–Crippen LogP) is 0.654. The summed E-state index contributed by atoms with van der Waals surface area (Å²) in [6.07, 6.45) is 0. The summed E-state index contributed by atoms with van der Waals surface area (Å²) in [4.78, 5) is 53.5. The molecule has 11 heteroatoms. The second-order valence-electron chi connectivity index (χ2n) is 5.72. The molecule has 0 aliphatic heterocycles. The minimum atomic E-state index is -4.66. The number of methoxy groups -OCH3 is 1. The number of rotatable bonds is 10. The van der Waals surface area contributed by atoms with Crippen LogP contribution in [-0.4, -0.2) is 54.6 Å². The molecule has 0 saturated carbocycles. The van der Waals surface area contributed by atoms with Crippen LogP contribution in [0.3, 0.4) is 0 Å². The van der Waals surface area contributed by atoms with Crippen LogP contribution in [0.1, 0.15) is 27.7 Å². The summed E-state index contributed by atoms with van der Waals surface area (Å²) >= 11 is 0. The zero-order chi connectivity index (χ0) is 19.8. The highest BCUT2D eigenvalue weighted by Crippen LogP contribution is 2.36. The Morgan fingerprint density at radius 2 is 1.64 bits per heavy atom. The van der Waals surface area contributed by atoms with Crippen LogP contribution in [0, 0.1) is 17.3 Å². The van der Waals surface area contributed by atoms with E-state index >= 15 is 0 Å². The average molecular weight is 384 g/mol. The zero-order valence-electron chi connectivity index (χ0n) is 14.9. The van der Waals surface area contributed by atoms with Crippen molar-refractivity contribution < 1.29 is 47.5 Å². The molecule has 0 aromatic rings. The van der Waals surface area contributed by atoms with Crippen LogP contribution in [0.4, 0.5) is 0 Å². The number of carbonyl (C=O) groups excluding carboxylic acids is 3. The van der Waals surface area contributed by atoms with Gasteiger partial charge in [0.05, 0.1) is 37.6 Å². The number of ether oxygens (including phenoxy) is 3. The molecule has 0 bridgehead atoms. The smallest absolute Gasteiger partial charge is 0.469 e. The van der Waals surface area contributed by atoms with E-state index in [1.165, 1.54) is 20.8 Å². The van der Waals surface area contributed by atoms with Crippen molar-refractivity contribution in [3.63, 3.8) is 0 Å². The molecule has 2 atom stereocenters. The van der Waals surface area contributed by atoms with E-state index in [9.17, 15) is 18.9 Å². The van der Waals surface area contributed by atoms with Gasteiger partial charge in [-0.1, -0.05) is 6.92 Å². The normalized spacial score (nSPS) is 14.4. The lowest BCUT2D eigenvalue weighted by Crippen LogP contribution is -2.45. The van der Waals surface area contributed by atoms with Crippen LogP contribution in [0.15, 0.2) is 0 Å². The minimum absolute atomic E-state index is 0.0600. The zero-order valence-corrected chi connectivity index (χ0v) is 15.8. The van der Waals surface area contributed by atoms with Gasteiger partial charge in [0, 0.05) is 0 Å². The first-order valence-corrected chi connectivity index (χ1v) is 9.03. The van der Waals surface area contributed by atoms with E-state index in [2.05, 4.69) is 9.26 Å². The number of phosphoric ester groups is 1. The topological polar surface area (TPSA) is 146 Å².